The van der Waals surface area contributed by atoms with Crippen molar-refractivity contribution in [3.63, 3.8) is 0 Å². The highest BCUT2D eigenvalue weighted by molar-refractivity contribution is 6.28. The SMILES string of the molecule is CCOCNC(=O)CNC(=O)C(Cc1ccccc1)NC(=O)CNC(=O)CNC(=O)Cc1ccc(N2C(=O)C=CC2=O)cc1. The average Bonchev–Trinajstić information content (AvgIpc) is 3.35. The maximum atomic E-state index is 12.8. The summed E-state index contributed by atoms with van der Waals surface area (Å²) < 4.78 is 5.04. The molecule has 1 aliphatic rings. The molecule has 2 aromatic carbocycles. The normalized spacial score (nSPS) is 12.8. The molecule has 3 rings (SSSR count). The molecule has 5 N–H and O–H groups in total. The number of nitrogens with zero attached hydrogens (tertiary/aromatic N) is 1. The number of hydrogen-bond donors (Lipinski definition) is 5. The van der Waals surface area contributed by atoms with Gasteiger partial charge in [-0.25, -0.2) is 4.90 Å². The molecule has 7 amide bonds. The monoisotopic (exact) mass is 606 g/mol. The number of benzene rings is 2. The molecule has 0 radical (unpaired) electrons. The molecule has 0 aromatic heterocycles. The van der Waals surface area contributed by atoms with E-state index in [4.69, 9.17) is 4.74 Å². The van der Waals surface area contributed by atoms with Crippen LogP contribution < -0.4 is 31.5 Å². The molecule has 1 atom stereocenters. The molecule has 14 nitrogen and oxygen atoms in total. The van der Waals surface area contributed by atoms with Crippen molar-refractivity contribution in [3.05, 3.63) is 77.9 Å². The number of carbonyl (C=O) groups excluding carboxylic acids is 7. The Labute approximate surface area is 253 Å². The fourth-order valence-electron chi connectivity index (χ4n) is 3.98. The molecule has 44 heavy (non-hydrogen) atoms. The van der Waals surface area contributed by atoms with Gasteiger partial charge in [-0.1, -0.05) is 42.5 Å². The molecule has 0 saturated heterocycles. The van der Waals surface area contributed by atoms with Crippen LogP contribution in [0.5, 0.6) is 0 Å². The first kappa shape index (κ1) is 33.1. The zero-order valence-corrected chi connectivity index (χ0v) is 24.1. The largest absolute Gasteiger partial charge is 0.362 e. The van der Waals surface area contributed by atoms with Gasteiger partial charge in [-0.15, -0.1) is 0 Å². The zero-order valence-electron chi connectivity index (χ0n) is 24.1. The number of amides is 7. The quantitative estimate of drug-likeness (QED) is 0.0898. The van der Waals surface area contributed by atoms with Crippen LogP contribution >= 0.6 is 0 Å². The average molecular weight is 607 g/mol. The number of anilines is 1. The number of carbonyl (C=O) groups is 7. The number of imide groups is 1. The van der Waals surface area contributed by atoms with Gasteiger partial charge in [-0.3, -0.25) is 33.6 Å². The number of ether oxygens (including phenoxy) is 1. The van der Waals surface area contributed by atoms with Crippen LogP contribution in [-0.2, 0) is 51.1 Å². The lowest BCUT2D eigenvalue weighted by Crippen LogP contribution is -2.52. The molecule has 0 fully saturated rings. The summed E-state index contributed by atoms with van der Waals surface area (Å²) in [5, 5.41) is 12.4. The Kier molecular flexibility index (Phi) is 12.7. The number of rotatable bonds is 16. The topological polar surface area (TPSA) is 192 Å². The van der Waals surface area contributed by atoms with Crippen molar-refractivity contribution in [2.75, 3.05) is 37.9 Å². The highest BCUT2D eigenvalue weighted by atomic mass is 16.5. The molecule has 0 saturated carbocycles. The van der Waals surface area contributed by atoms with E-state index in [0.717, 1.165) is 10.5 Å². The van der Waals surface area contributed by atoms with E-state index in [1.807, 2.05) is 6.07 Å². The van der Waals surface area contributed by atoms with Gasteiger partial charge in [0.2, 0.25) is 29.5 Å². The van der Waals surface area contributed by atoms with E-state index in [1.54, 1.807) is 55.5 Å². The van der Waals surface area contributed by atoms with Crippen LogP contribution in [0.4, 0.5) is 5.69 Å². The van der Waals surface area contributed by atoms with Crippen LogP contribution in [0.3, 0.4) is 0 Å². The minimum absolute atomic E-state index is 0.00588. The fourth-order valence-corrected chi connectivity index (χ4v) is 3.98. The second-order valence-corrected chi connectivity index (χ2v) is 9.51. The van der Waals surface area contributed by atoms with Gasteiger partial charge in [0.15, 0.2) is 0 Å². The summed E-state index contributed by atoms with van der Waals surface area (Å²) in [6.07, 6.45) is 2.43. The van der Waals surface area contributed by atoms with Gasteiger partial charge >= 0.3 is 0 Å². The third kappa shape index (κ3) is 10.8. The molecule has 0 aliphatic carbocycles. The summed E-state index contributed by atoms with van der Waals surface area (Å²) in [4.78, 5) is 86.4. The van der Waals surface area contributed by atoms with Crippen molar-refractivity contribution in [1.29, 1.82) is 0 Å². The summed E-state index contributed by atoms with van der Waals surface area (Å²) in [6.45, 7) is 1.04. The third-order valence-corrected chi connectivity index (χ3v) is 6.19. The van der Waals surface area contributed by atoms with Gasteiger partial charge in [-0.2, -0.15) is 0 Å². The number of hydrogen-bond acceptors (Lipinski definition) is 8. The third-order valence-electron chi connectivity index (χ3n) is 6.19. The molecule has 0 spiro atoms. The van der Waals surface area contributed by atoms with E-state index in [1.165, 1.54) is 12.2 Å². The van der Waals surface area contributed by atoms with E-state index < -0.39 is 60.5 Å². The lowest BCUT2D eigenvalue weighted by molar-refractivity contribution is -0.131. The second-order valence-electron chi connectivity index (χ2n) is 9.51. The van der Waals surface area contributed by atoms with Gasteiger partial charge in [0.05, 0.1) is 31.7 Å². The molecule has 1 heterocycles. The summed E-state index contributed by atoms with van der Waals surface area (Å²) >= 11 is 0. The van der Waals surface area contributed by atoms with Crippen molar-refractivity contribution in [1.82, 2.24) is 26.6 Å². The van der Waals surface area contributed by atoms with E-state index in [2.05, 4.69) is 26.6 Å². The molecule has 1 unspecified atom stereocenters. The maximum absolute atomic E-state index is 12.8. The fraction of sp³-hybridized carbons (Fsp3) is 0.300. The second kappa shape index (κ2) is 16.9. The number of nitrogens with one attached hydrogen (secondary N) is 5. The summed E-state index contributed by atoms with van der Waals surface area (Å²) in [5.74, 6) is -3.69. The van der Waals surface area contributed by atoms with E-state index in [9.17, 15) is 33.6 Å². The smallest absolute Gasteiger partial charge is 0.258 e. The van der Waals surface area contributed by atoms with E-state index in [-0.39, 0.29) is 26.1 Å². The Morgan fingerprint density at radius 2 is 1.30 bits per heavy atom. The molecule has 14 heteroatoms. The minimum atomic E-state index is -1.02. The minimum Gasteiger partial charge on any atom is -0.362 e. The molecule has 232 valence electrons. The van der Waals surface area contributed by atoms with Gasteiger partial charge < -0.3 is 31.3 Å². The lowest BCUT2D eigenvalue weighted by Gasteiger charge is -2.19. The molecule has 0 bridgehead atoms. The van der Waals surface area contributed by atoms with Crippen molar-refractivity contribution < 1.29 is 38.3 Å². The first-order chi connectivity index (χ1) is 21.2. The van der Waals surface area contributed by atoms with Crippen LogP contribution in [0.1, 0.15) is 18.1 Å². The Morgan fingerprint density at radius 1 is 0.705 bits per heavy atom. The Hall–Kier alpha value is -5.37. The zero-order chi connectivity index (χ0) is 31.9. The molecular weight excluding hydrogens is 572 g/mol. The standard InChI is InChI=1S/C30H34N6O8/c1-2-44-19-34-26(39)17-33-30(43)23(14-20-6-4-3-5-7-20)35-27(40)18-32-25(38)16-31-24(37)15-21-8-10-22(11-9-21)36-28(41)12-13-29(36)42/h3-13,23H,2,14-19H2,1H3,(H,31,37)(H,32,38)(H,33,43)(H,34,39)(H,35,40). The highest BCUT2D eigenvalue weighted by Crippen LogP contribution is 2.19. The first-order valence-corrected chi connectivity index (χ1v) is 13.8. The van der Waals surface area contributed by atoms with Crippen LogP contribution in [0, 0.1) is 0 Å². The predicted molar refractivity (Wildman–Crippen MR) is 158 cm³/mol. The van der Waals surface area contributed by atoms with Crippen LogP contribution in [0.15, 0.2) is 66.7 Å². The van der Waals surface area contributed by atoms with Crippen molar-refractivity contribution in [3.8, 4) is 0 Å². The van der Waals surface area contributed by atoms with Crippen LogP contribution in [-0.4, -0.2) is 80.4 Å². The van der Waals surface area contributed by atoms with Crippen LogP contribution in [0.25, 0.3) is 0 Å². The van der Waals surface area contributed by atoms with Gasteiger partial charge in [0, 0.05) is 25.2 Å². The maximum Gasteiger partial charge on any atom is 0.258 e. The van der Waals surface area contributed by atoms with Crippen molar-refractivity contribution in [2.45, 2.75) is 25.8 Å². The molecule has 2 aromatic rings. The highest BCUT2D eigenvalue weighted by Gasteiger charge is 2.25. The van der Waals surface area contributed by atoms with Crippen molar-refractivity contribution >= 4 is 47.0 Å². The van der Waals surface area contributed by atoms with E-state index >= 15 is 0 Å². The van der Waals surface area contributed by atoms with Gasteiger partial charge in [0.25, 0.3) is 11.8 Å². The van der Waals surface area contributed by atoms with E-state index in [0.29, 0.717) is 17.9 Å². The summed E-state index contributed by atoms with van der Waals surface area (Å²) in [6, 6.07) is 14.2. The van der Waals surface area contributed by atoms with Crippen LogP contribution in [0.2, 0.25) is 0 Å². The Morgan fingerprint density at radius 3 is 1.95 bits per heavy atom. The Balaban J connectivity index is 1.42. The predicted octanol–water partition coefficient (Wildman–Crippen LogP) is -1.16. The summed E-state index contributed by atoms with van der Waals surface area (Å²) in [7, 11) is 0. The molecular formula is C30H34N6O8. The summed E-state index contributed by atoms with van der Waals surface area (Å²) in [5.41, 5.74) is 1.73. The first-order valence-electron chi connectivity index (χ1n) is 13.8. The van der Waals surface area contributed by atoms with Gasteiger partial charge in [-0.05, 0) is 30.2 Å². The molecule has 1 aliphatic heterocycles. The van der Waals surface area contributed by atoms with Gasteiger partial charge in [0.1, 0.15) is 12.8 Å². The lowest BCUT2D eigenvalue weighted by atomic mass is 10.1. The van der Waals surface area contributed by atoms with Crippen molar-refractivity contribution in [2.24, 2.45) is 0 Å². The Bertz CT molecular complexity index is 1380.